The van der Waals surface area contributed by atoms with Crippen LogP contribution in [0.1, 0.15) is 22.7 Å². The molecular weight excluding hydrogens is 248 g/mol. The standard InChI is InChI=1S/C17H20N2O/c1-13-6-5-7-14(12-13)10-11-19-17(20)16(18)15-8-3-2-4-9-15/h2-9,12,16H,10-11,18H2,1H3,(H,19,20)/t16-/m0/s1. The molecule has 0 aliphatic rings. The molecule has 0 saturated heterocycles. The van der Waals surface area contributed by atoms with E-state index in [9.17, 15) is 4.79 Å². The molecule has 0 aliphatic carbocycles. The number of nitrogens with one attached hydrogen (secondary N) is 1. The Morgan fingerprint density at radius 1 is 1.15 bits per heavy atom. The number of carbonyl (C=O) groups is 1. The average molecular weight is 268 g/mol. The Hall–Kier alpha value is -2.13. The number of amides is 1. The highest BCUT2D eigenvalue weighted by Crippen LogP contribution is 2.09. The van der Waals surface area contributed by atoms with Crippen LogP contribution in [0.2, 0.25) is 0 Å². The monoisotopic (exact) mass is 268 g/mol. The molecule has 2 aromatic carbocycles. The summed E-state index contributed by atoms with van der Waals surface area (Å²) in [6.45, 7) is 2.66. The second-order valence-electron chi connectivity index (χ2n) is 4.92. The third kappa shape index (κ3) is 3.93. The van der Waals surface area contributed by atoms with E-state index < -0.39 is 6.04 Å². The number of rotatable bonds is 5. The van der Waals surface area contributed by atoms with E-state index in [1.165, 1.54) is 11.1 Å². The van der Waals surface area contributed by atoms with Gasteiger partial charge < -0.3 is 11.1 Å². The van der Waals surface area contributed by atoms with Gasteiger partial charge in [-0.1, -0.05) is 60.2 Å². The summed E-state index contributed by atoms with van der Waals surface area (Å²) in [4.78, 5) is 12.0. The minimum absolute atomic E-state index is 0.135. The molecule has 1 atom stereocenters. The fourth-order valence-corrected chi connectivity index (χ4v) is 2.12. The topological polar surface area (TPSA) is 55.1 Å². The highest BCUT2D eigenvalue weighted by atomic mass is 16.2. The first-order valence-electron chi connectivity index (χ1n) is 6.80. The highest BCUT2D eigenvalue weighted by molar-refractivity contribution is 5.82. The van der Waals surface area contributed by atoms with E-state index in [1.807, 2.05) is 36.4 Å². The van der Waals surface area contributed by atoms with Gasteiger partial charge in [0.1, 0.15) is 6.04 Å². The van der Waals surface area contributed by atoms with Gasteiger partial charge in [-0.2, -0.15) is 0 Å². The normalized spacial score (nSPS) is 11.9. The zero-order chi connectivity index (χ0) is 14.4. The lowest BCUT2D eigenvalue weighted by Crippen LogP contribution is -2.35. The fraction of sp³-hybridized carbons (Fsp3) is 0.235. The van der Waals surface area contributed by atoms with Crippen LogP contribution in [-0.4, -0.2) is 12.5 Å². The van der Waals surface area contributed by atoms with E-state index in [4.69, 9.17) is 5.73 Å². The van der Waals surface area contributed by atoms with Crippen molar-refractivity contribution in [3.63, 3.8) is 0 Å². The smallest absolute Gasteiger partial charge is 0.241 e. The maximum Gasteiger partial charge on any atom is 0.241 e. The Labute approximate surface area is 119 Å². The summed E-state index contributed by atoms with van der Waals surface area (Å²) in [6, 6.07) is 17.1. The molecule has 0 aromatic heterocycles. The summed E-state index contributed by atoms with van der Waals surface area (Å²) in [7, 11) is 0. The Morgan fingerprint density at radius 3 is 2.60 bits per heavy atom. The Kier molecular flexibility index (Phi) is 4.91. The van der Waals surface area contributed by atoms with Gasteiger partial charge in [-0.3, -0.25) is 4.79 Å². The van der Waals surface area contributed by atoms with Gasteiger partial charge in [0.15, 0.2) is 0 Å². The van der Waals surface area contributed by atoms with Crippen LogP contribution in [0, 0.1) is 6.92 Å². The van der Waals surface area contributed by atoms with Gasteiger partial charge >= 0.3 is 0 Å². The van der Waals surface area contributed by atoms with Crippen molar-refractivity contribution in [1.82, 2.24) is 5.32 Å². The molecule has 104 valence electrons. The van der Waals surface area contributed by atoms with Gasteiger partial charge in [0.2, 0.25) is 5.91 Å². The second-order valence-corrected chi connectivity index (χ2v) is 4.92. The summed E-state index contributed by atoms with van der Waals surface area (Å²) in [6.07, 6.45) is 0.814. The van der Waals surface area contributed by atoms with Crippen molar-refractivity contribution >= 4 is 5.91 Å². The fourth-order valence-electron chi connectivity index (χ4n) is 2.12. The van der Waals surface area contributed by atoms with Gasteiger partial charge in [-0.15, -0.1) is 0 Å². The Balaban J connectivity index is 1.83. The summed E-state index contributed by atoms with van der Waals surface area (Å²) >= 11 is 0. The molecule has 1 amide bonds. The van der Waals surface area contributed by atoms with Crippen molar-refractivity contribution in [1.29, 1.82) is 0 Å². The molecule has 0 bridgehead atoms. The van der Waals surface area contributed by atoms with Gasteiger partial charge in [0.25, 0.3) is 0 Å². The van der Waals surface area contributed by atoms with Crippen LogP contribution in [0.25, 0.3) is 0 Å². The number of aryl methyl sites for hydroxylation is 1. The molecule has 0 unspecified atom stereocenters. The van der Waals surface area contributed by atoms with Crippen molar-refractivity contribution in [3.8, 4) is 0 Å². The minimum atomic E-state index is -0.603. The van der Waals surface area contributed by atoms with Crippen LogP contribution in [-0.2, 0) is 11.2 Å². The first-order valence-corrected chi connectivity index (χ1v) is 6.80. The Morgan fingerprint density at radius 2 is 1.90 bits per heavy atom. The van der Waals surface area contributed by atoms with E-state index >= 15 is 0 Å². The van der Waals surface area contributed by atoms with Crippen LogP contribution in [0.4, 0.5) is 0 Å². The average Bonchev–Trinajstić information content (AvgIpc) is 2.47. The van der Waals surface area contributed by atoms with Crippen molar-refractivity contribution in [2.24, 2.45) is 5.73 Å². The third-order valence-corrected chi connectivity index (χ3v) is 3.24. The van der Waals surface area contributed by atoms with Gasteiger partial charge in [-0.25, -0.2) is 0 Å². The first-order chi connectivity index (χ1) is 9.66. The molecule has 2 rings (SSSR count). The summed E-state index contributed by atoms with van der Waals surface area (Å²) in [5.74, 6) is -0.135. The predicted octanol–water partition coefficient (Wildman–Crippen LogP) is 2.35. The molecule has 0 saturated carbocycles. The largest absolute Gasteiger partial charge is 0.354 e. The number of hydrogen-bond donors (Lipinski definition) is 2. The number of benzene rings is 2. The maximum absolute atomic E-state index is 12.0. The van der Waals surface area contributed by atoms with Crippen LogP contribution in [0.15, 0.2) is 54.6 Å². The van der Waals surface area contributed by atoms with Crippen LogP contribution >= 0.6 is 0 Å². The summed E-state index contributed by atoms with van der Waals surface area (Å²) in [5, 5.41) is 2.88. The molecule has 2 aromatic rings. The molecule has 0 radical (unpaired) electrons. The molecule has 0 heterocycles. The number of carbonyl (C=O) groups excluding carboxylic acids is 1. The molecule has 3 heteroatoms. The van der Waals surface area contributed by atoms with Crippen LogP contribution in [0.5, 0.6) is 0 Å². The molecule has 0 fully saturated rings. The van der Waals surface area contributed by atoms with E-state index in [-0.39, 0.29) is 5.91 Å². The predicted molar refractivity (Wildman–Crippen MR) is 81.3 cm³/mol. The first kappa shape index (κ1) is 14.3. The molecule has 3 nitrogen and oxygen atoms in total. The van der Waals surface area contributed by atoms with Crippen molar-refractivity contribution in [2.45, 2.75) is 19.4 Å². The lowest BCUT2D eigenvalue weighted by molar-refractivity contribution is -0.122. The summed E-state index contributed by atoms with van der Waals surface area (Å²) < 4.78 is 0. The third-order valence-electron chi connectivity index (χ3n) is 3.24. The van der Waals surface area contributed by atoms with Crippen molar-refractivity contribution < 1.29 is 4.79 Å². The molecule has 20 heavy (non-hydrogen) atoms. The number of nitrogens with two attached hydrogens (primary N) is 1. The van der Waals surface area contributed by atoms with Crippen molar-refractivity contribution in [2.75, 3.05) is 6.54 Å². The van der Waals surface area contributed by atoms with E-state index in [0.29, 0.717) is 6.54 Å². The zero-order valence-electron chi connectivity index (χ0n) is 11.7. The van der Waals surface area contributed by atoms with E-state index in [0.717, 1.165) is 12.0 Å². The Bertz CT molecular complexity index is 566. The zero-order valence-corrected chi connectivity index (χ0v) is 11.7. The minimum Gasteiger partial charge on any atom is -0.354 e. The van der Waals surface area contributed by atoms with Gasteiger partial charge in [0, 0.05) is 6.54 Å². The molecule has 3 N–H and O–H groups in total. The van der Waals surface area contributed by atoms with E-state index in [2.05, 4.69) is 30.4 Å². The maximum atomic E-state index is 12.0. The molecule has 0 spiro atoms. The second kappa shape index (κ2) is 6.87. The SMILES string of the molecule is Cc1cccc(CCNC(=O)[C@@H](N)c2ccccc2)c1. The quantitative estimate of drug-likeness (QED) is 0.874. The van der Waals surface area contributed by atoms with Gasteiger partial charge in [-0.05, 0) is 24.5 Å². The molecule has 0 aliphatic heterocycles. The van der Waals surface area contributed by atoms with Crippen molar-refractivity contribution in [3.05, 3.63) is 71.3 Å². The number of hydrogen-bond acceptors (Lipinski definition) is 2. The highest BCUT2D eigenvalue weighted by Gasteiger charge is 2.14. The lowest BCUT2D eigenvalue weighted by Gasteiger charge is -2.12. The van der Waals surface area contributed by atoms with E-state index in [1.54, 1.807) is 0 Å². The van der Waals surface area contributed by atoms with Gasteiger partial charge in [0.05, 0.1) is 0 Å². The molecular formula is C17H20N2O. The van der Waals surface area contributed by atoms with Crippen LogP contribution < -0.4 is 11.1 Å². The lowest BCUT2D eigenvalue weighted by atomic mass is 10.1. The summed E-state index contributed by atoms with van der Waals surface area (Å²) in [5.41, 5.74) is 9.22. The van der Waals surface area contributed by atoms with Crippen LogP contribution in [0.3, 0.4) is 0 Å².